The smallest absolute Gasteiger partial charge is 0.203 e. The number of ketones is 1. The van der Waals surface area contributed by atoms with Crippen LogP contribution in [0.4, 0.5) is 0 Å². The Morgan fingerprint density at radius 1 is 1.19 bits per heavy atom. The molecule has 0 aliphatic rings. The molecule has 0 saturated carbocycles. The van der Waals surface area contributed by atoms with Crippen LogP contribution >= 0.6 is 0 Å². The fraction of sp³-hybridized carbons (Fsp3) is 0.357. The van der Waals surface area contributed by atoms with Crippen molar-refractivity contribution in [2.75, 3.05) is 0 Å². The molecule has 0 N–H and O–H groups in total. The molecule has 2 aromatic rings. The Morgan fingerprint density at radius 3 is 2.50 bits per heavy atom. The van der Waals surface area contributed by atoms with E-state index in [1.54, 1.807) is 0 Å². The Labute approximate surface area is 95.3 Å². The highest BCUT2D eigenvalue weighted by Crippen LogP contribution is 2.26. The third-order valence-corrected chi connectivity index (χ3v) is 2.58. The number of benzene rings is 1. The molecule has 0 unspecified atom stereocenters. The normalized spacial score (nSPS) is 12.0. The van der Waals surface area contributed by atoms with Gasteiger partial charge in [0.1, 0.15) is 5.58 Å². The maximum absolute atomic E-state index is 12.0. The van der Waals surface area contributed by atoms with E-state index in [2.05, 4.69) is 0 Å². The Bertz CT molecular complexity index is 541. The van der Waals surface area contributed by atoms with Crippen molar-refractivity contribution in [2.24, 2.45) is 5.41 Å². The van der Waals surface area contributed by atoms with Crippen molar-refractivity contribution in [2.45, 2.75) is 27.7 Å². The zero-order valence-corrected chi connectivity index (χ0v) is 10.1. The van der Waals surface area contributed by atoms with Gasteiger partial charge in [0.15, 0.2) is 5.76 Å². The van der Waals surface area contributed by atoms with Crippen LogP contribution < -0.4 is 0 Å². The van der Waals surface area contributed by atoms with E-state index in [1.807, 2.05) is 52.0 Å². The molecule has 0 spiro atoms. The Hall–Kier alpha value is -1.57. The molecular weight excluding hydrogens is 200 g/mol. The molecule has 1 heterocycles. The van der Waals surface area contributed by atoms with Gasteiger partial charge in [-0.05, 0) is 24.6 Å². The van der Waals surface area contributed by atoms with Crippen molar-refractivity contribution in [3.8, 4) is 0 Å². The van der Waals surface area contributed by atoms with Crippen molar-refractivity contribution in [3.63, 3.8) is 0 Å². The number of hydrogen-bond acceptors (Lipinski definition) is 2. The number of rotatable bonds is 1. The summed E-state index contributed by atoms with van der Waals surface area (Å²) in [6.07, 6.45) is 0. The van der Waals surface area contributed by atoms with E-state index in [1.165, 1.54) is 0 Å². The molecule has 0 bridgehead atoms. The third kappa shape index (κ3) is 1.87. The predicted octanol–water partition coefficient (Wildman–Crippen LogP) is 3.97. The molecule has 0 radical (unpaired) electrons. The summed E-state index contributed by atoms with van der Waals surface area (Å²) in [5.41, 5.74) is 1.52. The largest absolute Gasteiger partial charge is 0.453 e. The lowest BCUT2D eigenvalue weighted by Gasteiger charge is -2.13. The van der Waals surface area contributed by atoms with E-state index in [0.717, 1.165) is 16.5 Å². The number of fused-ring (bicyclic) bond motifs is 1. The van der Waals surface area contributed by atoms with E-state index in [4.69, 9.17) is 4.42 Å². The van der Waals surface area contributed by atoms with E-state index < -0.39 is 5.41 Å². The lowest BCUT2D eigenvalue weighted by Crippen LogP contribution is -2.19. The van der Waals surface area contributed by atoms with Gasteiger partial charge in [0, 0.05) is 10.8 Å². The molecule has 2 nitrogen and oxygen atoms in total. The van der Waals surface area contributed by atoms with E-state index >= 15 is 0 Å². The minimum absolute atomic E-state index is 0.0429. The van der Waals surface area contributed by atoms with Crippen LogP contribution in [0.15, 0.2) is 28.7 Å². The number of furan rings is 1. The second-order valence-electron chi connectivity index (χ2n) is 5.23. The molecule has 0 saturated heterocycles. The van der Waals surface area contributed by atoms with Crippen molar-refractivity contribution in [3.05, 3.63) is 35.6 Å². The van der Waals surface area contributed by atoms with Gasteiger partial charge >= 0.3 is 0 Å². The third-order valence-electron chi connectivity index (χ3n) is 2.58. The molecule has 1 aromatic heterocycles. The van der Waals surface area contributed by atoms with Gasteiger partial charge in [0.05, 0.1) is 0 Å². The number of carbonyl (C=O) groups is 1. The maximum atomic E-state index is 12.0. The van der Waals surface area contributed by atoms with E-state index in [9.17, 15) is 4.79 Å². The second-order valence-corrected chi connectivity index (χ2v) is 5.23. The van der Waals surface area contributed by atoms with Crippen LogP contribution in [-0.2, 0) is 0 Å². The molecule has 0 aliphatic heterocycles. The highest BCUT2D eigenvalue weighted by Gasteiger charge is 2.25. The molecule has 2 heteroatoms. The fourth-order valence-corrected chi connectivity index (χ4v) is 1.62. The highest BCUT2D eigenvalue weighted by atomic mass is 16.3. The summed E-state index contributed by atoms with van der Waals surface area (Å²) in [5, 5.41) is 0.984. The SMILES string of the molecule is Cc1ccc2cc(C(=O)C(C)(C)C)oc2c1. The number of aryl methyl sites for hydroxylation is 1. The Kier molecular flexibility index (Phi) is 2.38. The quantitative estimate of drug-likeness (QED) is 0.675. The minimum atomic E-state index is -0.400. The van der Waals surface area contributed by atoms with Gasteiger partial charge in [-0.2, -0.15) is 0 Å². The minimum Gasteiger partial charge on any atom is -0.453 e. The summed E-state index contributed by atoms with van der Waals surface area (Å²) in [4.78, 5) is 12.0. The van der Waals surface area contributed by atoms with Crippen molar-refractivity contribution in [1.29, 1.82) is 0 Å². The zero-order valence-electron chi connectivity index (χ0n) is 10.1. The van der Waals surface area contributed by atoms with Crippen LogP contribution in [0.25, 0.3) is 11.0 Å². The van der Waals surface area contributed by atoms with Crippen molar-refractivity contribution in [1.82, 2.24) is 0 Å². The molecule has 84 valence electrons. The first kappa shape index (κ1) is 10.9. The molecule has 2 rings (SSSR count). The van der Waals surface area contributed by atoms with Gasteiger partial charge in [-0.15, -0.1) is 0 Å². The highest BCUT2D eigenvalue weighted by molar-refractivity contribution is 6.00. The van der Waals surface area contributed by atoms with Crippen LogP contribution in [0.3, 0.4) is 0 Å². The first-order valence-corrected chi connectivity index (χ1v) is 5.43. The summed E-state index contributed by atoms with van der Waals surface area (Å²) < 4.78 is 5.59. The average molecular weight is 216 g/mol. The molecule has 0 aliphatic carbocycles. The molecule has 0 fully saturated rings. The lowest BCUT2D eigenvalue weighted by atomic mass is 9.89. The van der Waals surface area contributed by atoms with Gasteiger partial charge in [-0.3, -0.25) is 4.79 Å². The van der Waals surface area contributed by atoms with Gasteiger partial charge in [-0.1, -0.05) is 32.9 Å². The summed E-state index contributed by atoms with van der Waals surface area (Å²) in [7, 11) is 0. The van der Waals surface area contributed by atoms with Gasteiger partial charge in [0.2, 0.25) is 5.78 Å². The summed E-state index contributed by atoms with van der Waals surface area (Å²) in [6, 6.07) is 7.77. The van der Waals surface area contributed by atoms with Crippen LogP contribution in [0.5, 0.6) is 0 Å². The summed E-state index contributed by atoms with van der Waals surface area (Å²) >= 11 is 0. The molecule has 0 amide bonds. The fourth-order valence-electron chi connectivity index (χ4n) is 1.62. The number of hydrogen-bond donors (Lipinski definition) is 0. The summed E-state index contributed by atoms with van der Waals surface area (Å²) in [6.45, 7) is 7.70. The second kappa shape index (κ2) is 3.48. The van der Waals surface area contributed by atoms with E-state index in [0.29, 0.717) is 5.76 Å². The topological polar surface area (TPSA) is 30.2 Å². The molecule has 0 atom stereocenters. The van der Waals surface area contributed by atoms with Crippen molar-refractivity contribution >= 4 is 16.8 Å². The van der Waals surface area contributed by atoms with Crippen LogP contribution in [0.1, 0.15) is 36.9 Å². The van der Waals surface area contributed by atoms with Crippen LogP contribution in [0.2, 0.25) is 0 Å². The zero-order chi connectivity index (χ0) is 11.9. The Morgan fingerprint density at radius 2 is 1.88 bits per heavy atom. The first-order valence-electron chi connectivity index (χ1n) is 5.43. The monoisotopic (exact) mass is 216 g/mol. The average Bonchev–Trinajstić information content (AvgIpc) is 2.57. The lowest BCUT2D eigenvalue weighted by molar-refractivity contribution is 0.0831. The number of carbonyl (C=O) groups excluding carboxylic acids is 1. The molecule has 1 aromatic carbocycles. The van der Waals surface area contributed by atoms with Crippen LogP contribution in [0, 0.1) is 12.3 Å². The van der Waals surface area contributed by atoms with Gasteiger partial charge in [-0.25, -0.2) is 0 Å². The molecular formula is C14H16O2. The van der Waals surface area contributed by atoms with Gasteiger partial charge < -0.3 is 4.42 Å². The molecule has 16 heavy (non-hydrogen) atoms. The van der Waals surface area contributed by atoms with Gasteiger partial charge in [0.25, 0.3) is 0 Å². The maximum Gasteiger partial charge on any atom is 0.203 e. The standard InChI is InChI=1S/C14H16O2/c1-9-5-6-10-8-12(16-11(10)7-9)13(15)14(2,3)4/h5-8H,1-4H3. The first-order chi connectivity index (χ1) is 7.38. The predicted molar refractivity (Wildman–Crippen MR) is 64.7 cm³/mol. The van der Waals surface area contributed by atoms with Crippen LogP contribution in [-0.4, -0.2) is 5.78 Å². The Balaban J connectivity index is 2.52. The number of Topliss-reactive ketones (excluding diaryl/α,β-unsaturated/α-hetero) is 1. The van der Waals surface area contributed by atoms with E-state index in [-0.39, 0.29) is 5.78 Å². The van der Waals surface area contributed by atoms with Crippen molar-refractivity contribution < 1.29 is 9.21 Å². The summed E-state index contributed by atoms with van der Waals surface area (Å²) in [5.74, 6) is 0.495.